The topological polar surface area (TPSA) is 3.24 Å². The molecule has 8 rings (SSSR count). The van der Waals surface area contributed by atoms with Gasteiger partial charge >= 0.3 is 0 Å². The lowest BCUT2D eigenvalue weighted by Gasteiger charge is -2.26. The second-order valence-corrected chi connectivity index (χ2v) is 11.5. The molecule has 8 aromatic carbocycles. The Kier molecular flexibility index (Phi) is 6.50. The van der Waals surface area contributed by atoms with Gasteiger partial charge in [0, 0.05) is 17.1 Å². The zero-order valence-corrected chi connectivity index (χ0v) is 25.7. The van der Waals surface area contributed by atoms with Gasteiger partial charge in [-0.05, 0) is 97.7 Å². The molecule has 0 radical (unpaired) electrons. The Hall–Kier alpha value is -6.18. The summed E-state index contributed by atoms with van der Waals surface area (Å²) in [6, 6.07) is 58.1. The largest absolute Gasteiger partial charge is 0.311 e. The summed E-state index contributed by atoms with van der Waals surface area (Å²) < 4.78 is 37.0. The monoisotopic (exact) mass is 603 g/mol. The molecule has 0 spiro atoms. The van der Waals surface area contributed by atoms with Crippen LogP contribution in [-0.4, -0.2) is 0 Å². The van der Waals surface area contributed by atoms with Crippen molar-refractivity contribution in [2.75, 3.05) is 4.90 Å². The van der Waals surface area contributed by atoms with Crippen molar-refractivity contribution in [3.05, 3.63) is 200 Å². The highest BCUT2D eigenvalue weighted by molar-refractivity contribution is 6.04. The van der Waals surface area contributed by atoms with Crippen LogP contribution in [-0.2, 0) is 0 Å². The minimum absolute atomic E-state index is 0.0857. The molecule has 8 aromatic rings. The molecule has 0 heterocycles. The zero-order chi connectivity index (χ0) is 34.9. The van der Waals surface area contributed by atoms with Crippen molar-refractivity contribution < 1.29 is 5.48 Å². The molecule has 1 nitrogen and oxygen atoms in total. The Labute approximate surface area is 282 Å². The average molecular weight is 604 g/mol. The van der Waals surface area contributed by atoms with Crippen LogP contribution in [0.3, 0.4) is 0 Å². The maximum Gasteiger partial charge on any atom is 0.0645 e. The quantitative estimate of drug-likeness (QED) is 0.175. The molecule has 0 saturated heterocycles. The molecule has 0 fully saturated rings. The fraction of sp³-hybridized carbons (Fsp3) is 0. The number of hydrogen-bond acceptors (Lipinski definition) is 1. The van der Waals surface area contributed by atoms with Crippen LogP contribution < -0.4 is 4.90 Å². The molecule has 0 aliphatic carbocycles. The maximum atomic E-state index is 9.31. The predicted molar refractivity (Wildman–Crippen MR) is 200 cm³/mol. The normalized spacial score (nSPS) is 12.2. The van der Waals surface area contributed by atoms with Gasteiger partial charge in [0.1, 0.15) is 0 Å². The Balaban J connectivity index is 1.26. The number of benzene rings is 8. The van der Waals surface area contributed by atoms with Crippen LogP contribution in [0.5, 0.6) is 0 Å². The van der Waals surface area contributed by atoms with E-state index in [0.717, 1.165) is 44.8 Å². The smallest absolute Gasteiger partial charge is 0.0645 e. The molecule has 222 valence electrons. The van der Waals surface area contributed by atoms with Gasteiger partial charge in [-0.1, -0.05) is 158 Å². The van der Waals surface area contributed by atoms with E-state index in [0.29, 0.717) is 5.56 Å². The van der Waals surface area contributed by atoms with Crippen LogP contribution in [0.2, 0.25) is 0 Å². The first-order chi connectivity index (χ1) is 25.0. The van der Waals surface area contributed by atoms with Gasteiger partial charge in [0.25, 0.3) is 0 Å². The van der Waals surface area contributed by atoms with Gasteiger partial charge in [0.2, 0.25) is 0 Å². The first-order valence-corrected chi connectivity index (χ1v) is 15.8. The number of rotatable bonds is 7. The third-order valence-electron chi connectivity index (χ3n) is 8.54. The average Bonchev–Trinajstić information content (AvgIpc) is 3.19. The van der Waals surface area contributed by atoms with E-state index in [9.17, 15) is 5.48 Å². The second-order valence-electron chi connectivity index (χ2n) is 11.5. The minimum Gasteiger partial charge on any atom is -0.311 e. The predicted octanol–water partition coefficient (Wildman–Crippen LogP) is 13.0. The molecule has 0 N–H and O–H groups in total. The van der Waals surface area contributed by atoms with Crippen molar-refractivity contribution in [2.45, 2.75) is 0 Å². The van der Waals surface area contributed by atoms with E-state index in [2.05, 4.69) is 72.8 Å². The lowest BCUT2D eigenvalue weighted by Crippen LogP contribution is -2.09. The van der Waals surface area contributed by atoms with E-state index < -0.39 is 0 Å². The van der Waals surface area contributed by atoms with Crippen molar-refractivity contribution in [2.24, 2.45) is 0 Å². The zero-order valence-electron chi connectivity index (χ0n) is 29.7. The summed E-state index contributed by atoms with van der Waals surface area (Å²) >= 11 is 0. The van der Waals surface area contributed by atoms with E-state index in [1.165, 1.54) is 10.8 Å². The van der Waals surface area contributed by atoms with Crippen LogP contribution in [0, 0.1) is 0 Å². The first kappa shape index (κ1) is 24.1. The first-order valence-electron chi connectivity index (χ1n) is 17.8. The molecular formula is C46H33N. The molecule has 0 aliphatic heterocycles. The molecule has 0 atom stereocenters. The lowest BCUT2D eigenvalue weighted by atomic mass is 9.90. The minimum atomic E-state index is -0.107. The van der Waals surface area contributed by atoms with Crippen LogP contribution in [0.1, 0.15) is 5.48 Å². The summed E-state index contributed by atoms with van der Waals surface area (Å²) in [5.74, 6) is 0. The highest BCUT2D eigenvalue weighted by Gasteiger charge is 2.15. The third-order valence-corrected chi connectivity index (χ3v) is 8.54. The molecule has 1 heteroatoms. The third kappa shape index (κ3) is 5.72. The maximum absolute atomic E-state index is 9.31. The number of para-hydroxylation sites is 1. The molecule has 0 aliphatic rings. The summed E-state index contributed by atoms with van der Waals surface area (Å²) in [6.07, 6.45) is 0. The van der Waals surface area contributed by atoms with Gasteiger partial charge in [0.05, 0.1) is 5.48 Å². The van der Waals surface area contributed by atoms with Crippen molar-refractivity contribution >= 4 is 27.8 Å². The van der Waals surface area contributed by atoms with Gasteiger partial charge < -0.3 is 4.90 Å². The van der Waals surface area contributed by atoms with Crippen molar-refractivity contribution in [3.63, 3.8) is 0 Å². The standard InChI is InChI=1S/C46H33N/c1-4-13-34(14-5-1)39-18-12-19-40(33-39)35-23-28-42(29-24-35)47(41-20-8-3-9-21-41)43-30-25-37(26-31-43)45-32-27-36-15-10-11-22-44(36)46(45)38-16-6-2-7-17-38/h1-33H/i23D,24D,28D,29D. The highest BCUT2D eigenvalue weighted by Crippen LogP contribution is 2.41. The lowest BCUT2D eigenvalue weighted by molar-refractivity contribution is 1.28. The fourth-order valence-electron chi connectivity index (χ4n) is 6.25. The van der Waals surface area contributed by atoms with E-state index >= 15 is 0 Å². The van der Waals surface area contributed by atoms with Crippen molar-refractivity contribution in [1.29, 1.82) is 0 Å². The molecule has 0 bridgehead atoms. The Morgan fingerprint density at radius 3 is 1.60 bits per heavy atom. The Bertz CT molecular complexity index is 2470. The Morgan fingerprint density at radius 1 is 0.340 bits per heavy atom. The van der Waals surface area contributed by atoms with E-state index in [4.69, 9.17) is 0 Å². The van der Waals surface area contributed by atoms with Gasteiger partial charge in [-0.25, -0.2) is 0 Å². The van der Waals surface area contributed by atoms with E-state index in [1.54, 1.807) is 0 Å². The number of fused-ring (bicyclic) bond motifs is 1. The molecule has 0 unspecified atom stereocenters. The SMILES string of the molecule is [2H]c1c([2H])c(N(c2ccccc2)c2ccc(-c3ccc4ccccc4c3-c3ccccc3)cc2)c([2H])c([2H])c1-c1cccc(-c2ccccc2)c1. The van der Waals surface area contributed by atoms with Crippen LogP contribution in [0.25, 0.3) is 55.3 Å². The van der Waals surface area contributed by atoms with E-state index in [1.807, 2.05) is 108 Å². The summed E-state index contributed by atoms with van der Waals surface area (Å²) in [6.45, 7) is 0. The molecule has 0 aromatic heterocycles. The van der Waals surface area contributed by atoms with E-state index in [-0.39, 0.29) is 35.4 Å². The summed E-state index contributed by atoms with van der Waals surface area (Å²) in [5.41, 5.74) is 8.97. The molecular weight excluding hydrogens is 567 g/mol. The van der Waals surface area contributed by atoms with Gasteiger partial charge in [-0.15, -0.1) is 0 Å². The van der Waals surface area contributed by atoms with Crippen molar-refractivity contribution in [1.82, 2.24) is 0 Å². The van der Waals surface area contributed by atoms with Gasteiger partial charge in [0.15, 0.2) is 0 Å². The van der Waals surface area contributed by atoms with Gasteiger partial charge in [-0.3, -0.25) is 0 Å². The summed E-state index contributed by atoms with van der Waals surface area (Å²) in [5, 5.41) is 2.35. The highest BCUT2D eigenvalue weighted by atomic mass is 15.1. The number of nitrogens with zero attached hydrogens (tertiary/aromatic N) is 1. The van der Waals surface area contributed by atoms with Crippen LogP contribution in [0.4, 0.5) is 17.1 Å². The fourth-order valence-corrected chi connectivity index (χ4v) is 6.25. The molecule has 47 heavy (non-hydrogen) atoms. The van der Waals surface area contributed by atoms with Gasteiger partial charge in [-0.2, -0.15) is 0 Å². The molecule has 0 amide bonds. The summed E-state index contributed by atoms with van der Waals surface area (Å²) in [4.78, 5) is 1.83. The number of anilines is 3. The van der Waals surface area contributed by atoms with Crippen LogP contribution in [0.15, 0.2) is 200 Å². The van der Waals surface area contributed by atoms with Crippen molar-refractivity contribution in [3.8, 4) is 44.5 Å². The van der Waals surface area contributed by atoms with Crippen LogP contribution >= 0.6 is 0 Å². The second kappa shape index (κ2) is 12.7. The summed E-state index contributed by atoms with van der Waals surface area (Å²) in [7, 11) is 0. The Morgan fingerprint density at radius 2 is 0.894 bits per heavy atom. The molecule has 0 saturated carbocycles. The number of hydrogen-bond donors (Lipinski definition) is 0.